The highest BCUT2D eigenvalue weighted by Crippen LogP contribution is 2.35. The summed E-state index contributed by atoms with van der Waals surface area (Å²) in [6, 6.07) is 7.28. The number of imidazole rings is 1. The lowest BCUT2D eigenvalue weighted by molar-refractivity contribution is 0.0730. The molecule has 0 radical (unpaired) electrons. The van der Waals surface area contributed by atoms with Crippen molar-refractivity contribution in [3.8, 4) is 0 Å². The van der Waals surface area contributed by atoms with Gasteiger partial charge in [-0.3, -0.25) is 9.59 Å². The minimum Gasteiger partial charge on any atom is -0.383 e. The summed E-state index contributed by atoms with van der Waals surface area (Å²) in [5.41, 5.74) is 10.6. The maximum atomic E-state index is 13.4. The van der Waals surface area contributed by atoms with Crippen LogP contribution in [0.2, 0.25) is 5.02 Å². The normalized spacial score (nSPS) is 15.4. The number of likely N-dealkylation sites (tertiary alicyclic amines) is 1. The van der Waals surface area contributed by atoms with E-state index >= 15 is 0 Å². The Balaban J connectivity index is 1.18. The number of fused-ring (bicyclic) bond motifs is 2. The second-order valence-corrected chi connectivity index (χ2v) is 11.1. The Morgan fingerprint density at radius 3 is 2.85 bits per heavy atom. The number of amides is 2. The number of aryl methyl sites for hydroxylation is 2. The number of carbonyl (C=O) groups is 2. The van der Waals surface area contributed by atoms with E-state index in [1.165, 1.54) is 11.3 Å². The molecule has 0 saturated carbocycles. The van der Waals surface area contributed by atoms with Crippen LogP contribution in [-0.2, 0) is 6.54 Å². The summed E-state index contributed by atoms with van der Waals surface area (Å²) in [5.74, 6) is 0.0877. The maximum Gasteiger partial charge on any atom is 0.274 e. The van der Waals surface area contributed by atoms with Crippen LogP contribution in [0.5, 0.6) is 0 Å². The first-order chi connectivity index (χ1) is 18.8. The summed E-state index contributed by atoms with van der Waals surface area (Å²) in [6.45, 7) is 5.01. The molecule has 5 heterocycles. The zero-order valence-corrected chi connectivity index (χ0v) is 23.0. The summed E-state index contributed by atoms with van der Waals surface area (Å²) in [4.78, 5) is 41.5. The molecule has 9 nitrogen and oxygen atoms in total. The number of nitrogens with two attached hydrogens (primary N) is 1. The molecule has 0 aliphatic carbocycles. The van der Waals surface area contributed by atoms with Crippen LogP contribution in [0.4, 0.5) is 5.82 Å². The van der Waals surface area contributed by atoms with Crippen LogP contribution >= 0.6 is 22.9 Å². The summed E-state index contributed by atoms with van der Waals surface area (Å²) < 4.78 is 1.75. The van der Waals surface area contributed by atoms with Gasteiger partial charge in [0.1, 0.15) is 27.9 Å². The summed E-state index contributed by atoms with van der Waals surface area (Å²) in [6.07, 6.45) is 6.76. The maximum absolute atomic E-state index is 13.4. The van der Waals surface area contributed by atoms with Crippen molar-refractivity contribution < 1.29 is 9.59 Å². The Labute approximate surface area is 233 Å². The van der Waals surface area contributed by atoms with Crippen molar-refractivity contribution in [2.45, 2.75) is 39.3 Å². The van der Waals surface area contributed by atoms with Crippen LogP contribution in [0.3, 0.4) is 0 Å². The molecule has 39 heavy (non-hydrogen) atoms. The summed E-state index contributed by atoms with van der Waals surface area (Å²) in [5, 5.41) is 8.02. The highest BCUT2D eigenvalue weighted by Gasteiger charge is 2.34. The van der Waals surface area contributed by atoms with Gasteiger partial charge in [-0.1, -0.05) is 11.6 Å². The molecule has 1 fully saturated rings. The lowest BCUT2D eigenvalue weighted by Gasteiger charge is -2.22. The fraction of sp³-hybridized carbons (Fsp3) is 0.250. The van der Waals surface area contributed by atoms with Crippen molar-refractivity contribution in [1.29, 1.82) is 0 Å². The number of thiazole rings is 1. The molecule has 2 amide bonds. The number of nitrogens with zero attached hydrogens (tertiary/aromatic N) is 5. The number of nitrogens with one attached hydrogen (secondary N) is 1. The second kappa shape index (κ2) is 9.94. The molecule has 11 heteroatoms. The zero-order chi connectivity index (χ0) is 27.3. The Bertz CT molecular complexity index is 1760. The molecule has 1 aliphatic rings. The smallest absolute Gasteiger partial charge is 0.274 e. The van der Waals surface area contributed by atoms with Gasteiger partial charge in [0.2, 0.25) is 0 Å². The molecular weight excluding hydrogens is 534 g/mol. The molecule has 198 valence electrons. The largest absolute Gasteiger partial charge is 0.383 e. The number of nitrogen functional groups attached to an aromatic ring is 1. The Kier molecular flexibility index (Phi) is 6.44. The van der Waals surface area contributed by atoms with E-state index in [0.717, 1.165) is 45.3 Å². The van der Waals surface area contributed by atoms with E-state index in [1.54, 1.807) is 45.4 Å². The Morgan fingerprint density at radius 2 is 2.00 bits per heavy atom. The standard InChI is InChI=1S/C28H26ClN7O2S/c1-15-10-19-18(7-8-31-25(19)30)16(2)20(15)11-32-26(37)22-14-39-27(34-22)23-4-3-9-36(23)28(38)21-13-35-12-17(29)5-6-24(35)33-21/h5-8,10,12-14,23H,3-4,9,11H2,1-2H3,(H2,30,31)(H,32,37). The number of anilines is 1. The lowest BCUT2D eigenvalue weighted by atomic mass is 9.96. The van der Waals surface area contributed by atoms with Crippen molar-refractivity contribution in [3.05, 3.63) is 86.3 Å². The first-order valence-corrected chi connectivity index (χ1v) is 13.9. The average Bonchev–Trinajstić information content (AvgIpc) is 3.67. The Morgan fingerprint density at radius 1 is 1.15 bits per heavy atom. The third-order valence-electron chi connectivity index (χ3n) is 7.33. The van der Waals surface area contributed by atoms with Crippen LogP contribution < -0.4 is 11.1 Å². The van der Waals surface area contributed by atoms with Gasteiger partial charge < -0.3 is 20.4 Å². The number of aromatic nitrogens is 4. The fourth-order valence-electron chi connectivity index (χ4n) is 5.29. The number of halogens is 1. The van der Waals surface area contributed by atoms with E-state index in [2.05, 4.69) is 20.3 Å². The molecule has 5 aromatic rings. The monoisotopic (exact) mass is 559 g/mol. The van der Waals surface area contributed by atoms with Gasteiger partial charge in [-0.2, -0.15) is 0 Å². The minimum absolute atomic E-state index is 0.156. The predicted octanol–water partition coefficient (Wildman–Crippen LogP) is 5.10. The van der Waals surface area contributed by atoms with Gasteiger partial charge in [0.05, 0.1) is 11.1 Å². The van der Waals surface area contributed by atoms with Gasteiger partial charge >= 0.3 is 0 Å². The van der Waals surface area contributed by atoms with Crippen LogP contribution in [-0.4, -0.2) is 42.6 Å². The van der Waals surface area contributed by atoms with Gasteiger partial charge in [0.15, 0.2) is 0 Å². The summed E-state index contributed by atoms with van der Waals surface area (Å²) >= 11 is 7.48. The van der Waals surface area contributed by atoms with Crippen molar-refractivity contribution in [3.63, 3.8) is 0 Å². The number of hydrogen-bond donors (Lipinski definition) is 2. The molecule has 0 bridgehead atoms. The number of benzene rings is 1. The van der Waals surface area contributed by atoms with Crippen molar-refractivity contribution >= 4 is 57.0 Å². The van der Waals surface area contributed by atoms with E-state index in [0.29, 0.717) is 41.0 Å². The van der Waals surface area contributed by atoms with Crippen LogP contribution in [0.25, 0.3) is 16.4 Å². The average molecular weight is 560 g/mol. The van der Waals surface area contributed by atoms with E-state index in [-0.39, 0.29) is 17.9 Å². The third-order valence-corrected chi connectivity index (χ3v) is 8.50. The second-order valence-electron chi connectivity index (χ2n) is 9.74. The van der Waals surface area contributed by atoms with E-state index < -0.39 is 0 Å². The number of hydrogen-bond acceptors (Lipinski definition) is 7. The quantitative estimate of drug-likeness (QED) is 0.309. The highest BCUT2D eigenvalue weighted by molar-refractivity contribution is 7.09. The first kappa shape index (κ1) is 25.3. The van der Waals surface area contributed by atoms with Crippen molar-refractivity contribution in [2.24, 2.45) is 0 Å². The van der Waals surface area contributed by atoms with Gasteiger partial charge in [0.25, 0.3) is 11.8 Å². The number of rotatable bonds is 5. The van der Waals surface area contributed by atoms with Crippen molar-refractivity contribution in [1.82, 2.24) is 29.6 Å². The van der Waals surface area contributed by atoms with E-state index in [4.69, 9.17) is 17.3 Å². The molecule has 1 unspecified atom stereocenters. The molecular formula is C28H26ClN7O2S. The molecule has 1 atom stereocenters. The van der Waals surface area contributed by atoms with Crippen LogP contribution in [0, 0.1) is 13.8 Å². The molecule has 6 rings (SSSR count). The fourth-order valence-corrected chi connectivity index (χ4v) is 6.40. The third kappa shape index (κ3) is 4.59. The summed E-state index contributed by atoms with van der Waals surface area (Å²) in [7, 11) is 0. The van der Waals surface area contributed by atoms with Crippen LogP contribution in [0.15, 0.2) is 48.2 Å². The van der Waals surface area contributed by atoms with Gasteiger partial charge in [-0.05, 0) is 73.0 Å². The zero-order valence-electron chi connectivity index (χ0n) is 21.4. The molecule has 1 saturated heterocycles. The number of carbonyl (C=O) groups excluding carboxylic acids is 2. The van der Waals surface area contributed by atoms with Crippen LogP contribution in [0.1, 0.15) is 61.6 Å². The molecule has 1 aliphatic heterocycles. The predicted molar refractivity (Wildman–Crippen MR) is 152 cm³/mol. The van der Waals surface area contributed by atoms with E-state index in [9.17, 15) is 9.59 Å². The lowest BCUT2D eigenvalue weighted by Crippen LogP contribution is -2.31. The molecule has 0 spiro atoms. The molecule has 1 aromatic carbocycles. The van der Waals surface area contributed by atoms with E-state index in [1.807, 2.05) is 26.0 Å². The molecule has 4 aromatic heterocycles. The minimum atomic E-state index is -0.251. The topological polar surface area (TPSA) is 119 Å². The van der Waals surface area contributed by atoms with Gasteiger partial charge in [-0.15, -0.1) is 11.3 Å². The van der Waals surface area contributed by atoms with Crippen molar-refractivity contribution in [2.75, 3.05) is 12.3 Å². The Hall–Kier alpha value is -4.02. The first-order valence-electron chi connectivity index (χ1n) is 12.6. The number of pyridine rings is 2. The SMILES string of the molecule is Cc1cc2c(N)nccc2c(C)c1CNC(=O)c1csc(C2CCCN2C(=O)c2cn3cc(Cl)ccc3n2)n1. The van der Waals surface area contributed by atoms with Gasteiger partial charge in [-0.25, -0.2) is 15.0 Å². The molecule has 3 N–H and O–H groups in total. The highest BCUT2D eigenvalue weighted by atomic mass is 35.5. The van der Waals surface area contributed by atoms with Gasteiger partial charge in [0, 0.05) is 42.4 Å².